The number of hydrogen-bond donors (Lipinski definition) is 0. The molecule has 10 heavy (non-hydrogen) atoms. The molecular weight excluding hydrogens is 194 g/mol. The summed E-state index contributed by atoms with van der Waals surface area (Å²) in [5.41, 5.74) is 1.94. The van der Waals surface area contributed by atoms with E-state index in [1.807, 2.05) is 6.07 Å². The van der Waals surface area contributed by atoms with Gasteiger partial charge in [-0.1, -0.05) is 0 Å². The van der Waals surface area contributed by atoms with E-state index >= 15 is 0 Å². The van der Waals surface area contributed by atoms with Crippen LogP contribution in [0.4, 0.5) is 0 Å². The van der Waals surface area contributed by atoms with Gasteiger partial charge in [0.25, 0.3) is 0 Å². The molecule has 2 aromatic rings. The number of hydrogen-bond acceptors (Lipinski definition) is 2. The zero-order valence-electron chi connectivity index (χ0n) is 5.03. The van der Waals surface area contributed by atoms with Crippen LogP contribution >= 0.6 is 16.1 Å². The number of imidazole rings is 1. The van der Waals surface area contributed by atoms with Gasteiger partial charge in [-0.15, -0.1) is 0 Å². The van der Waals surface area contributed by atoms with E-state index in [9.17, 15) is 0 Å². The normalized spacial score (nSPS) is 10.5. The second-order valence-electron chi connectivity index (χ2n) is 1.92. The molecule has 0 bridgehead atoms. The van der Waals surface area contributed by atoms with Crippen LogP contribution in [0.25, 0.3) is 11.0 Å². The Morgan fingerprint density at radius 1 is 1.50 bits per heavy atom. The van der Waals surface area contributed by atoms with Crippen molar-refractivity contribution in [1.82, 2.24) is 13.6 Å². The van der Waals surface area contributed by atoms with E-state index in [0.29, 0.717) is 0 Å². The molecule has 50 valence electrons. The summed E-state index contributed by atoms with van der Waals surface area (Å²) in [5.74, 6) is 0. The third-order valence-electron chi connectivity index (χ3n) is 1.31. The van der Waals surface area contributed by atoms with Gasteiger partial charge >= 0.3 is 0 Å². The molecule has 0 fully saturated rings. The summed E-state index contributed by atoms with van der Waals surface area (Å²) in [6.45, 7) is 0. The second kappa shape index (κ2) is 2.05. The standard InChI is InChI=1S/C6H4BrN3/c7-10-4-9-5-3-8-2-1-6(5)10/h1-4H. The Labute approximate surface area is 66.0 Å². The van der Waals surface area contributed by atoms with Crippen molar-refractivity contribution in [3.63, 3.8) is 0 Å². The first-order chi connectivity index (χ1) is 4.88. The first kappa shape index (κ1) is 5.85. The second-order valence-corrected chi connectivity index (χ2v) is 2.68. The molecule has 0 radical (unpaired) electrons. The molecule has 2 rings (SSSR count). The van der Waals surface area contributed by atoms with Gasteiger partial charge in [0.15, 0.2) is 0 Å². The summed E-state index contributed by atoms with van der Waals surface area (Å²) in [6.07, 6.45) is 5.17. The van der Waals surface area contributed by atoms with E-state index in [1.54, 1.807) is 22.3 Å². The molecule has 0 aliphatic heterocycles. The molecule has 0 aliphatic rings. The van der Waals surface area contributed by atoms with Gasteiger partial charge in [-0.25, -0.2) is 4.98 Å². The van der Waals surface area contributed by atoms with Crippen LogP contribution in [0.15, 0.2) is 24.8 Å². The van der Waals surface area contributed by atoms with Crippen LogP contribution in [0.5, 0.6) is 0 Å². The Bertz CT molecular complexity index is 355. The number of aromatic nitrogens is 3. The van der Waals surface area contributed by atoms with Crippen molar-refractivity contribution in [2.24, 2.45) is 0 Å². The summed E-state index contributed by atoms with van der Waals surface area (Å²) >= 11 is 3.29. The summed E-state index contributed by atoms with van der Waals surface area (Å²) in [6, 6.07) is 1.90. The highest BCUT2D eigenvalue weighted by Gasteiger charge is 1.96. The SMILES string of the molecule is Brn1cnc2cnccc21. The molecule has 0 unspecified atom stereocenters. The van der Waals surface area contributed by atoms with E-state index in [4.69, 9.17) is 0 Å². The first-order valence-corrected chi connectivity index (χ1v) is 3.52. The van der Waals surface area contributed by atoms with Crippen molar-refractivity contribution < 1.29 is 0 Å². The van der Waals surface area contributed by atoms with Gasteiger partial charge in [0.05, 0.1) is 27.9 Å². The number of fused-ring (bicyclic) bond motifs is 1. The molecule has 0 aliphatic carbocycles. The molecule has 3 nitrogen and oxygen atoms in total. The topological polar surface area (TPSA) is 30.7 Å². The predicted molar refractivity (Wildman–Crippen MR) is 41.9 cm³/mol. The van der Waals surface area contributed by atoms with Crippen molar-refractivity contribution in [3.8, 4) is 0 Å². The van der Waals surface area contributed by atoms with E-state index in [1.165, 1.54) is 0 Å². The van der Waals surface area contributed by atoms with Crippen LogP contribution in [0.1, 0.15) is 0 Å². The molecule has 2 aromatic heterocycles. The van der Waals surface area contributed by atoms with Gasteiger partial charge in [0.2, 0.25) is 0 Å². The number of nitrogens with zero attached hydrogens (tertiary/aromatic N) is 3. The van der Waals surface area contributed by atoms with Gasteiger partial charge in [0, 0.05) is 6.20 Å². The highest BCUT2D eigenvalue weighted by Crippen LogP contribution is 2.11. The van der Waals surface area contributed by atoms with E-state index in [2.05, 4.69) is 26.1 Å². The predicted octanol–water partition coefficient (Wildman–Crippen LogP) is 1.59. The maximum Gasteiger partial charge on any atom is 0.108 e. The third kappa shape index (κ3) is 0.724. The first-order valence-electron chi connectivity index (χ1n) is 2.81. The van der Waals surface area contributed by atoms with E-state index in [-0.39, 0.29) is 0 Å². The van der Waals surface area contributed by atoms with Gasteiger partial charge in [-0.3, -0.25) is 8.58 Å². The Kier molecular flexibility index (Phi) is 1.20. The summed E-state index contributed by atoms with van der Waals surface area (Å²) in [5, 5.41) is 0. The Morgan fingerprint density at radius 2 is 2.40 bits per heavy atom. The van der Waals surface area contributed by atoms with Crippen LogP contribution in [-0.2, 0) is 0 Å². The van der Waals surface area contributed by atoms with Gasteiger partial charge in [-0.2, -0.15) is 0 Å². The minimum Gasteiger partial charge on any atom is -0.264 e. The highest BCUT2D eigenvalue weighted by molar-refractivity contribution is 9.08. The monoisotopic (exact) mass is 197 g/mol. The average Bonchev–Trinajstić information content (AvgIpc) is 2.34. The minimum absolute atomic E-state index is 0.902. The van der Waals surface area contributed by atoms with Gasteiger partial charge in [0.1, 0.15) is 11.8 Å². The largest absolute Gasteiger partial charge is 0.264 e. The van der Waals surface area contributed by atoms with Crippen LogP contribution in [0.3, 0.4) is 0 Å². The van der Waals surface area contributed by atoms with E-state index in [0.717, 1.165) is 11.0 Å². The summed E-state index contributed by atoms with van der Waals surface area (Å²) in [7, 11) is 0. The molecule has 0 aromatic carbocycles. The Balaban J connectivity index is 2.93. The molecule has 0 atom stereocenters. The zero-order chi connectivity index (χ0) is 6.97. The van der Waals surface area contributed by atoms with Crippen molar-refractivity contribution in [3.05, 3.63) is 24.8 Å². The van der Waals surface area contributed by atoms with Crippen molar-refractivity contribution in [1.29, 1.82) is 0 Å². The quantitative estimate of drug-likeness (QED) is 0.643. The molecule has 2 heterocycles. The molecule has 0 saturated heterocycles. The molecule has 0 amide bonds. The fourth-order valence-electron chi connectivity index (χ4n) is 0.834. The number of halogens is 1. The number of pyridine rings is 1. The lowest BCUT2D eigenvalue weighted by molar-refractivity contribution is 1.29. The van der Waals surface area contributed by atoms with Gasteiger partial charge < -0.3 is 0 Å². The summed E-state index contributed by atoms with van der Waals surface area (Å²) < 4.78 is 1.78. The van der Waals surface area contributed by atoms with Crippen LogP contribution in [-0.4, -0.2) is 13.6 Å². The molecule has 4 heteroatoms. The molecular formula is C6H4BrN3. The molecule has 0 saturated carbocycles. The van der Waals surface area contributed by atoms with Crippen LogP contribution in [0, 0.1) is 0 Å². The zero-order valence-corrected chi connectivity index (χ0v) is 6.62. The lowest BCUT2D eigenvalue weighted by Crippen LogP contribution is -1.74. The fraction of sp³-hybridized carbons (Fsp3) is 0. The smallest absolute Gasteiger partial charge is 0.108 e. The lowest BCUT2D eigenvalue weighted by atomic mass is 10.4. The maximum atomic E-state index is 4.07. The van der Waals surface area contributed by atoms with Gasteiger partial charge in [-0.05, 0) is 6.07 Å². The Hall–Kier alpha value is -0.900. The van der Waals surface area contributed by atoms with Crippen molar-refractivity contribution in [2.75, 3.05) is 0 Å². The third-order valence-corrected chi connectivity index (χ3v) is 1.87. The highest BCUT2D eigenvalue weighted by atomic mass is 79.9. The maximum absolute atomic E-state index is 4.07. The molecule has 0 spiro atoms. The fourth-order valence-corrected chi connectivity index (χ4v) is 1.23. The van der Waals surface area contributed by atoms with Crippen molar-refractivity contribution in [2.45, 2.75) is 0 Å². The molecule has 0 N–H and O–H groups in total. The van der Waals surface area contributed by atoms with Crippen LogP contribution < -0.4 is 0 Å². The Morgan fingerprint density at radius 3 is 3.20 bits per heavy atom. The van der Waals surface area contributed by atoms with E-state index < -0.39 is 0 Å². The van der Waals surface area contributed by atoms with Crippen LogP contribution in [0.2, 0.25) is 0 Å². The average molecular weight is 198 g/mol. The van der Waals surface area contributed by atoms with Crippen molar-refractivity contribution >= 4 is 27.2 Å². The minimum atomic E-state index is 0.902. The lowest BCUT2D eigenvalue weighted by Gasteiger charge is -1.87. The number of rotatable bonds is 0. The summed E-state index contributed by atoms with van der Waals surface area (Å²) in [4.78, 5) is 8.00.